The molecule has 5 nitrogen and oxygen atoms in total. The Hall–Kier alpha value is -1.20. The Balaban J connectivity index is 1.62. The van der Waals surface area contributed by atoms with Crippen molar-refractivity contribution in [2.24, 2.45) is 44.9 Å². The molecule has 2 saturated carbocycles. The molecule has 198 valence electrons. The normalized spacial score (nSPS) is 46.4. The van der Waals surface area contributed by atoms with Gasteiger partial charge in [0.1, 0.15) is 5.78 Å². The summed E-state index contributed by atoms with van der Waals surface area (Å²) in [5.74, 6) is 2.11. The van der Waals surface area contributed by atoms with E-state index in [1.807, 2.05) is 0 Å². The van der Waals surface area contributed by atoms with E-state index < -0.39 is 0 Å². The summed E-state index contributed by atoms with van der Waals surface area (Å²) >= 11 is 0. The van der Waals surface area contributed by atoms with E-state index in [0.717, 1.165) is 44.6 Å². The highest BCUT2D eigenvalue weighted by Crippen LogP contribution is 2.67. The van der Waals surface area contributed by atoms with E-state index in [-0.39, 0.29) is 52.2 Å². The van der Waals surface area contributed by atoms with Gasteiger partial charge >= 0.3 is 0 Å². The molecule has 0 saturated heterocycles. The highest BCUT2D eigenvalue weighted by Gasteiger charge is 2.66. The maximum absolute atomic E-state index is 13.5. The van der Waals surface area contributed by atoms with Crippen LogP contribution in [0.5, 0.6) is 0 Å². The third kappa shape index (κ3) is 4.04. The molecule has 1 heterocycles. The largest absolute Gasteiger partial charge is 0.480 e. The Morgan fingerprint density at radius 1 is 1.23 bits per heavy atom. The average Bonchev–Trinajstić information content (AvgIpc) is 2.99. The Bertz CT molecular complexity index is 896. The lowest BCUT2D eigenvalue weighted by Crippen LogP contribution is -2.55. The van der Waals surface area contributed by atoms with Crippen LogP contribution in [0.25, 0.3) is 0 Å². The number of hydrogen-bond donors (Lipinski definition) is 1. The van der Waals surface area contributed by atoms with Crippen molar-refractivity contribution in [2.75, 3.05) is 20.7 Å². The maximum Gasteiger partial charge on any atom is 0.183 e. The fourth-order valence-corrected chi connectivity index (χ4v) is 8.94. The summed E-state index contributed by atoms with van der Waals surface area (Å²) in [6.45, 7) is 16.6. The van der Waals surface area contributed by atoms with Gasteiger partial charge in [-0.05, 0) is 76.3 Å². The van der Waals surface area contributed by atoms with Crippen LogP contribution in [-0.4, -0.2) is 60.6 Å². The molecule has 10 atom stereocenters. The van der Waals surface area contributed by atoms with E-state index in [9.17, 15) is 9.90 Å². The first-order chi connectivity index (χ1) is 16.3. The highest BCUT2D eigenvalue weighted by atomic mass is 16.5. The number of ketones is 1. The second-order valence-electron chi connectivity index (χ2n) is 13.4. The van der Waals surface area contributed by atoms with Crippen molar-refractivity contribution in [2.45, 2.75) is 105 Å². The third-order valence-electron chi connectivity index (χ3n) is 11.6. The quantitative estimate of drug-likeness (QED) is 0.503. The van der Waals surface area contributed by atoms with Gasteiger partial charge in [-0.25, -0.2) is 0 Å². The summed E-state index contributed by atoms with van der Waals surface area (Å²) < 4.78 is 6.12. The highest BCUT2D eigenvalue weighted by molar-refractivity contribution is 5.83. The van der Waals surface area contributed by atoms with E-state index in [1.54, 1.807) is 0 Å². The van der Waals surface area contributed by atoms with Gasteiger partial charge in [0.2, 0.25) is 0 Å². The third-order valence-corrected chi connectivity index (χ3v) is 11.6. The van der Waals surface area contributed by atoms with Crippen LogP contribution in [0.15, 0.2) is 16.6 Å². The van der Waals surface area contributed by atoms with Crippen molar-refractivity contribution >= 4 is 11.7 Å². The van der Waals surface area contributed by atoms with Crippen molar-refractivity contribution in [3.05, 3.63) is 11.6 Å². The Kier molecular flexibility index (Phi) is 7.12. The van der Waals surface area contributed by atoms with Crippen molar-refractivity contribution in [1.29, 1.82) is 0 Å². The van der Waals surface area contributed by atoms with Gasteiger partial charge in [-0.3, -0.25) is 9.79 Å². The molecular weight excluding hydrogens is 436 g/mol. The van der Waals surface area contributed by atoms with E-state index in [1.165, 1.54) is 5.57 Å². The van der Waals surface area contributed by atoms with Crippen molar-refractivity contribution < 1.29 is 14.6 Å². The Morgan fingerprint density at radius 2 is 1.91 bits per heavy atom. The van der Waals surface area contributed by atoms with Gasteiger partial charge in [0, 0.05) is 36.1 Å². The number of aliphatic hydroxyl groups excluding tert-OH is 1. The minimum atomic E-state index is -0.366. The molecule has 1 N–H and O–H groups in total. The Morgan fingerprint density at radius 3 is 2.54 bits per heavy atom. The molecule has 2 fully saturated rings. The number of fused-ring (bicyclic) bond motifs is 2. The van der Waals surface area contributed by atoms with Gasteiger partial charge < -0.3 is 14.7 Å². The van der Waals surface area contributed by atoms with Crippen LogP contribution in [0.1, 0.15) is 87.0 Å². The topological polar surface area (TPSA) is 62.1 Å². The van der Waals surface area contributed by atoms with Crippen LogP contribution in [0.3, 0.4) is 0 Å². The molecule has 5 heteroatoms. The minimum Gasteiger partial charge on any atom is -0.480 e. The lowest BCUT2D eigenvalue weighted by molar-refractivity contribution is -0.146. The molecular formula is C30H50N2O3. The number of nitrogens with zero attached hydrogens (tertiary/aromatic N) is 2. The molecule has 0 unspecified atom stereocenters. The summed E-state index contributed by atoms with van der Waals surface area (Å²) in [6.07, 6.45) is 7.32. The zero-order chi connectivity index (χ0) is 25.9. The smallest absolute Gasteiger partial charge is 0.183 e. The number of carbonyl (C=O) groups excluding carboxylic acids is 1. The first-order valence-corrected chi connectivity index (χ1v) is 14.0. The predicted octanol–water partition coefficient (Wildman–Crippen LogP) is 5.52. The second-order valence-corrected chi connectivity index (χ2v) is 13.4. The van der Waals surface area contributed by atoms with Crippen molar-refractivity contribution in [1.82, 2.24) is 4.90 Å². The van der Waals surface area contributed by atoms with Crippen LogP contribution in [-0.2, 0) is 9.53 Å². The molecule has 0 aromatic rings. The van der Waals surface area contributed by atoms with E-state index in [4.69, 9.17) is 9.73 Å². The van der Waals surface area contributed by atoms with Crippen molar-refractivity contribution in [3.63, 3.8) is 0 Å². The lowest BCUT2D eigenvalue weighted by Gasteiger charge is -2.56. The molecule has 0 aromatic carbocycles. The number of hydrogen-bond acceptors (Lipinski definition) is 5. The van der Waals surface area contributed by atoms with Crippen molar-refractivity contribution in [3.8, 4) is 0 Å². The molecule has 0 aromatic heterocycles. The van der Waals surface area contributed by atoms with Gasteiger partial charge in [0.05, 0.1) is 18.8 Å². The first-order valence-electron chi connectivity index (χ1n) is 14.0. The van der Waals surface area contributed by atoms with E-state index in [0.29, 0.717) is 18.1 Å². The van der Waals surface area contributed by atoms with Crippen LogP contribution < -0.4 is 0 Å². The molecule has 3 aliphatic carbocycles. The van der Waals surface area contributed by atoms with Gasteiger partial charge in [0.15, 0.2) is 5.90 Å². The number of ether oxygens (including phenoxy) is 1. The number of Topliss-reactive ketones (excluding diaryl/α,β-unsaturated/α-hetero) is 1. The van der Waals surface area contributed by atoms with E-state index >= 15 is 0 Å². The summed E-state index contributed by atoms with van der Waals surface area (Å²) in [5, 5.41) is 11.4. The molecule has 4 rings (SSSR count). The molecule has 0 spiro atoms. The summed E-state index contributed by atoms with van der Waals surface area (Å²) in [7, 11) is 4.18. The fraction of sp³-hybridized carbons (Fsp3) is 0.867. The number of aliphatic imine (C=N–C) groups is 1. The number of rotatable bonds is 6. The van der Waals surface area contributed by atoms with Gasteiger partial charge in [0.25, 0.3) is 0 Å². The van der Waals surface area contributed by atoms with Gasteiger partial charge in [-0.1, -0.05) is 46.3 Å². The molecule has 0 amide bonds. The molecule has 4 aliphatic rings. The minimum absolute atomic E-state index is 0.000781. The van der Waals surface area contributed by atoms with Crippen LogP contribution >= 0.6 is 0 Å². The van der Waals surface area contributed by atoms with E-state index in [2.05, 4.69) is 73.5 Å². The molecule has 1 aliphatic heterocycles. The standard InChI is InChI=1S/C30H50N2O3/c1-10-26-31-25-14-11-18(2)21(28(25,5)17-35-26)12-13-22-19(3)23(33)15-30(7)27(20(4)32(8)9)24(34)16-29(22,30)6/h11,19-22,24-25,27,34H,10,12-17H2,1-9H3/t19-,20+,21-,22-,24-,25+,27+,28+,29+,30-/m1/s1. The Labute approximate surface area is 213 Å². The summed E-state index contributed by atoms with van der Waals surface area (Å²) in [6, 6.07) is 0.511. The van der Waals surface area contributed by atoms with Gasteiger partial charge in [-0.2, -0.15) is 0 Å². The van der Waals surface area contributed by atoms with Gasteiger partial charge in [-0.15, -0.1) is 0 Å². The van der Waals surface area contributed by atoms with Crippen LogP contribution in [0, 0.1) is 39.9 Å². The van der Waals surface area contributed by atoms with Crippen LogP contribution in [0.4, 0.5) is 0 Å². The number of carbonyl (C=O) groups is 1. The molecule has 0 bridgehead atoms. The number of allylic oxidation sites excluding steroid dienone is 1. The summed E-state index contributed by atoms with van der Waals surface area (Å²) in [4.78, 5) is 20.7. The molecule has 35 heavy (non-hydrogen) atoms. The molecule has 0 radical (unpaired) electrons. The monoisotopic (exact) mass is 486 g/mol. The SMILES string of the molecule is CCC1=N[C@H]2CC=C(C)[C@@H](CC[C@@H]3[C@@H](C)C(=O)C[C@]4(C)[C@@H]([C@H](C)N(C)C)[C@H](O)C[C@@]34C)[C@]2(C)CO1. The predicted molar refractivity (Wildman–Crippen MR) is 142 cm³/mol. The average molecular weight is 487 g/mol. The second kappa shape index (κ2) is 9.28. The first kappa shape index (κ1) is 26.9. The van der Waals surface area contributed by atoms with Crippen LogP contribution in [0.2, 0.25) is 0 Å². The number of aliphatic hydroxyl groups is 1. The lowest BCUT2D eigenvalue weighted by atomic mass is 9.48. The zero-order valence-electron chi connectivity index (χ0n) is 23.7. The maximum atomic E-state index is 13.5. The summed E-state index contributed by atoms with van der Waals surface area (Å²) in [5.41, 5.74) is 1.21. The zero-order valence-corrected chi connectivity index (χ0v) is 23.7. The fourth-order valence-electron chi connectivity index (χ4n) is 8.94.